The molecule has 0 unspecified atom stereocenters. The van der Waals surface area contributed by atoms with Gasteiger partial charge in [0.15, 0.2) is 5.82 Å². The van der Waals surface area contributed by atoms with Crippen molar-refractivity contribution in [2.24, 2.45) is 0 Å². The number of carbonyl (C=O) groups is 1. The van der Waals surface area contributed by atoms with Gasteiger partial charge in [-0.05, 0) is 49.9 Å². The Labute approximate surface area is 145 Å². The van der Waals surface area contributed by atoms with E-state index in [2.05, 4.69) is 15.2 Å². The number of nitrogens with zero attached hydrogens (tertiary/aromatic N) is 2. The maximum absolute atomic E-state index is 12.2. The molecule has 2 aromatic heterocycles. The summed E-state index contributed by atoms with van der Waals surface area (Å²) in [5.74, 6) is 0.903. The number of amides is 1. The smallest absolute Gasteiger partial charge is 0.224 e. The summed E-state index contributed by atoms with van der Waals surface area (Å²) in [7, 11) is 0. The molecule has 1 N–H and O–H groups in total. The predicted octanol–water partition coefficient (Wildman–Crippen LogP) is 4.36. The highest BCUT2D eigenvalue weighted by Crippen LogP contribution is 2.26. The van der Waals surface area contributed by atoms with Crippen molar-refractivity contribution in [3.63, 3.8) is 0 Å². The summed E-state index contributed by atoms with van der Waals surface area (Å²) in [6.07, 6.45) is 6.58. The van der Waals surface area contributed by atoms with Crippen molar-refractivity contribution in [2.45, 2.75) is 32.1 Å². The van der Waals surface area contributed by atoms with Crippen molar-refractivity contribution in [1.29, 1.82) is 0 Å². The topological polar surface area (TPSA) is 45.2 Å². The van der Waals surface area contributed by atoms with Crippen molar-refractivity contribution in [2.75, 3.05) is 23.3 Å². The number of nitrogens with one attached hydrogen (secondary N) is 1. The maximum atomic E-state index is 12.2. The molecule has 2 aromatic rings. The van der Waals surface area contributed by atoms with Crippen molar-refractivity contribution in [3.05, 3.63) is 39.7 Å². The van der Waals surface area contributed by atoms with Gasteiger partial charge in [-0.1, -0.05) is 11.6 Å². The van der Waals surface area contributed by atoms with Crippen LogP contribution in [0.3, 0.4) is 0 Å². The molecular weight excluding hydrogens is 330 g/mol. The maximum Gasteiger partial charge on any atom is 0.224 e. The molecule has 4 nitrogen and oxygen atoms in total. The minimum atomic E-state index is 0.0146. The monoisotopic (exact) mass is 349 g/mol. The van der Waals surface area contributed by atoms with Gasteiger partial charge in [0.25, 0.3) is 0 Å². The molecule has 1 aliphatic rings. The van der Waals surface area contributed by atoms with E-state index in [-0.39, 0.29) is 5.91 Å². The highest BCUT2D eigenvalue weighted by Gasteiger charge is 2.16. The van der Waals surface area contributed by atoms with Crippen LogP contribution in [0.2, 0.25) is 4.34 Å². The number of piperidine rings is 1. The molecule has 122 valence electrons. The molecule has 1 aliphatic heterocycles. The first-order valence-electron chi connectivity index (χ1n) is 7.96. The SMILES string of the molecule is O=C(CCc1ccc(Cl)s1)Nc1cccnc1N1CCCCC1. The molecule has 23 heavy (non-hydrogen) atoms. The van der Waals surface area contributed by atoms with Gasteiger partial charge >= 0.3 is 0 Å². The summed E-state index contributed by atoms with van der Waals surface area (Å²) in [5.41, 5.74) is 0.809. The fourth-order valence-corrected chi connectivity index (χ4v) is 3.87. The standard InChI is InChI=1S/C17H20ClN3OS/c18-15-8-6-13(23-15)7-9-16(22)20-14-5-4-10-19-17(14)21-11-2-1-3-12-21/h4-6,8,10H,1-3,7,9,11-12H2,(H,20,22). The minimum absolute atomic E-state index is 0.0146. The molecule has 0 bridgehead atoms. The number of hydrogen-bond acceptors (Lipinski definition) is 4. The van der Waals surface area contributed by atoms with E-state index in [1.807, 2.05) is 24.3 Å². The number of thiophene rings is 1. The van der Waals surface area contributed by atoms with E-state index in [1.54, 1.807) is 6.20 Å². The van der Waals surface area contributed by atoms with Crippen LogP contribution in [0, 0.1) is 0 Å². The van der Waals surface area contributed by atoms with Crippen LogP contribution in [-0.4, -0.2) is 24.0 Å². The van der Waals surface area contributed by atoms with Gasteiger partial charge in [-0.3, -0.25) is 4.79 Å². The Morgan fingerprint density at radius 3 is 2.83 bits per heavy atom. The van der Waals surface area contributed by atoms with E-state index < -0.39 is 0 Å². The van der Waals surface area contributed by atoms with Gasteiger partial charge in [0.05, 0.1) is 10.0 Å². The van der Waals surface area contributed by atoms with Crippen LogP contribution in [0.25, 0.3) is 0 Å². The van der Waals surface area contributed by atoms with Crippen molar-refractivity contribution < 1.29 is 4.79 Å². The van der Waals surface area contributed by atoms with Gasteiger partial charge in [0.1, 0.15) is 0 Å². The van der Waals surface area contributed by atoms with E-state index in [0.717, 1.165) is 33.8 Å². The lowest BCUT2D eigenvalue weighted by Gasteiger charge is -2.29. The molecule has 0 aromatic carbocycles. The lowest BCUT2D eigenvalue weighted by molar-refractivity contribution is -0.116. The summed E-state index contributed by atoms with van der Waals surface area (Å²) in [5, 5.41) is 3.01. The van der Waals surface area contributed by atoms with E-state index in [0.29, 0.717) is 12.8 Å². The average Bonchev–Trinajstić information content (AvgIpc) is 3.00. The Bertz CT molecular complexity index is 667. The third-order valence-corrected chi connectivity index (χ3v) is 5.23. The van der Waals surface area contributed by atoms with Crippen molar-refractivity contribution in [1.82, 2.24) is 4.98 Å². The summed E-state index contributed by atoms with van der Waals surface area (Å²) in [6, 6.07) is 7.64. The van der Waals surface area contributed by atoms with E-state index >= 15 is 0 Å². The Morgan fingerprint density at radius 1 is 1.26 bits per heavy atom. The molecule has 6 heteroatoms. The van der Waals surface area contributed by atoms with Crippen molar-refractivity contribution in [3.8, 4) is 0 Å². The number of aromatic nitrogens is 1. The zero-order valence-electron chi connectivity index (χ0n) is 12.9. The molecule has 0 spiro atoms. The van der Waals surface area contributed by atoms with Gasteiger partial charge in [-0.2, -0.15) is 0 Å². The highest BCUT2D eigenvalue weighted by atomic mass is 35.5. The van der Waals surface area contributed by atoms with Crippen LogP contribution in [-0.2, 0) is 11.2 Å². The molecule has 3 heterocycles. The lowest BCUT2D eigenvalue weighted by atomic mass is 10.1. The zero-order chi connectivity index (χ0) is 16.1. The third kappa shape index (κ3) is 4.45. The third-order valence-electron chi connectivity index (χ3n) is 3.94. The molecule has 3 rings (SSSR count). The molecule has 0 saturated carbocycles. The number of halogens is 1. The van der Waals surface area contributed by atoms with Crippen molar-refractivity contribution >= 4 is 40.4 Å². The molecule has 1 fully saturated rings. The first kappa shape index (κ1) is 16.3. The summed E-state index contributed by atoms with van der Waals surface area (Å²) < 4.78 is 0.764. The largest absolute Gasteiger partial charge is 0.355 e. The van der Waals surface area contributed by atoms with E-state index in [9.17, 15) is 4.79 Å². The van der Waals surface area contributed by atoms with Gasteiger partial charge in [0.2, 0.25) is 5.91 Å². The molecule has 0 atom stereocenters. The summed E-state index contributed by atoms with van der Waals surface area (Å²) >= 11 is 7.44. The minimum Gasteiger partial charge on any atom is -0.355 e. The van der Waals surface area contributed by atoms with Crippen LogP contribution in [0.4, 0.5) is 11.5 Å². The number of carbonyl (C=O) groups excluding carboxylic acids is 1. The zero-order valence-corrected chi connectivity index (χ0v) is 14.5. The Kier molecular flexibility index (Phi) is 5.51. The number of anilines is 2. The van der Waals surface area contributed by atoms with E-state index in [1.165, 1.54) is 30.6 Å². The van der Waals surface area contributed by atoms with Crippen LogP contribution in [0.5, 0.6) is 0 Å². The first-order chi connectivity index (χ1) is 11.2. The Morgan fingerprint density at radius 2 is 2.09 bits per heavy atom. The fraction of sp³-hybridized carbons (Fsp3) is 0.412. The second kappa shape index (κ2) is 7.79. The second-order valence-electron chi connectivity index (χ2n) is 5.68. The Balaban J connectivity index is 1.61. The number of hydrogen-bond donors (Lipinski definition) is 1. The first-order valence-corrected chi connectivity index (χ1v) is 9.16. The molecular formula is C17H20ClN3OS. The van der Waals surface area contributed by atoms with Crippen LogP contribution >= 0.6 is 22.9 Å². The van der Waals surface area contributed by atoms with Crippen LogP contribution in [0.1, 0.15) is 30.6 Å². The van der Waals surface area contributed by atoms with Gasteiger partial charge < -0.3 is 10.2 Å². The average molecular weight is 350 g/mol. The normalized spacial score (nSPS) is 14.7. The quantitative estimate of drug-likeness (QED) is 0.872. The highest BCUT2D eigenvalue weighted by molar-refractivity contribution is 7.16. The fourth-order valence-electron chi connectivity index (χ4n) is 2.79. The summed E-state index contributed by atoms with van der Waals surface area (Å²) in [4.78, 5) is 20.1. The van der Waals surface area contributed by atoms with Gasteiger partial charge in [-0.25, -0.2) is 4.98 Å². The molecule has 1 amide bonds. The summed E-state index contributed by atoms with van der Waals surface area (Å²) in [6.45, 7) is 2.02. The van der Waals surface area contributed by atoms with E-state index in [4.69, 9.17) is 11.6 Å². The number of aryl methyl sites for hydroxylation is 1. The molecule has 0 aliphatic carbocycles. The molecule has 1 saturated heterocycles. The number of rotatable bonds is 5. The lowest BCUT2D eigenvalue weighted by Crippen LogP contribution is -2.31. The van der Waals surface area contributed by atoms with Crippen LogP contribution in [0.15, 0.2) is 30.5 Å². The molecule has 0 radical (unpaired) electrons. The number of pyridine rings is 1. The second-order valence-corrected chi connectivity index (χ2v) is 7.48. The predicted molar refractivity (Wildman–Crippen MR) is 96.6 cm³/mol. The van der Waals surface area contributed by atoms with Gasteiger partial charge in [-0.15, -0.1) is 11.3 Å². The Hall–Kier alpha value is -1.59. The van der Waals surface area contributed by atoms with Crippen LogP contribution < -0.4 is 10.2 Å². The van der Waals surface area contributed by atoms with Gasteiger partial charge in [0, 0.05) is 30.6 Å².